The molecule has 3 N–H and O–H groups in total. The maximum Gasteiger partial charge on any atom is 0.407 e. The first-order valence-corrected chi connectivity index (χ1v) is 19.4. The summed E-state index contributed by atoms with van der Waals surface area (Å²) in [6.07, 6.45) is 9.29. The first kappa shape index (κ1) is 36.6. The van der Waals surface area contributed by atoms with Crippen molar-refractivity contribution in [1.29, 1.82) is 0 Å². The third-order valence-electron chi connectivity index (χ3n) is 8.63. The Hall–Kier alpha value is -3.69. The van der Waals surface area contributed by atoms with E-state index in [9.17, 15) is 21.6 Å². The standard InChI is InChI=1S/C20H27N3O4S.C15H19N3O2S/c1-14-11-21-12-15-7-5-9-17(18(14)15)28(25,26)23-10-6-8-16(13-23)22-19(24)27-20(2,3)4;1-11-8-17-9-12-4-2-6-14(15(11)12)21(19,20)18-7-3-5-13(16)10-18/h5,7,9,11-12,16H,6,8,10,13H2,1-4H3,(H,22,24);2,4,6,8-9,13H,3,5,7,10,16H2,1H3/t16-;13-/m00/s1. The second kappa shape index (κ2) is 14.7. The van der Waals surface area contributed by atoms with Gasteiger partial charge in [0.1, 0.15) is 5.60 Å². The monoisotopic (exact) mass is 710 g/mol. The molecule has 2 aliphatic rings. The molecule has 6 rings (SSSR count). The van der Waals surface area contributed by atoms with Crippen molar-refractivity contribution in [2.75, 3.05) is 26.2 Å². The van der Waals surface area contributed by atoms with Gasteiger partial charge in [-0.3, -0.25) is 9.97 Å². The largest absolute Gasteiger partial charge is 0.444 e. The molecule has 0 unspecified atom stereocenters. The minimum absolute atomic E-state index is 0.0775. The summed E-state index contributed by atoms with van der Waals surface area (Å²) in [7, 11) is -7.22. The van der Waals surface area contributed by atoms with Crippen molar-refractivity contribution >= 4 is 47.7 Å². The van der Waals surface area contributed by atoms with E-state index in [0.717, 1.165) is 40.1 Å². The highest BCUT2D eigenvalue weighted by atomic mass is 32.2. The number of hydrogen-bond acceptors (Lipinski definition) is 9. The van der Waals surface area contributed by atoms with E-state index >= 15 is 0 Å². The number of amides is 1. The van der Waals surface area contributed by atoms with Crippen molar-refractivity contribution in [3.05, 3.63) is 72.3 Å². The molecule has 0 spiro atoms. The number of hydrogen-bond donors (Lipinski definition) is 2. The Morgan fingerprint density at radius 2 is 1.29 bits per heavy atom. The molecule has 0 radical (unpaired) electrons. The molecule has 2 saturated heterocycles. The molecule has 4 heterocycles. The van der Waals surface area contributed by atoms with Crippen molar-refractivity contribution in [2.45, 2.75) is 87.8 Å². The number of nitrogens with one attached hydrogen (secondary N) is 1. The number of sulfonamides is 2. The van der Waals surface area contributed by atoms with Crippen LogP contribution in [-0.4, -0.2) is 85.4 Å². The van der Waals surface area contributed by atoms with Gasteiger partial charge in [0.25, 0.3) is 0 Å². The van der Waals surface area contributed by atoms with E-state index in [4.69, 9.17) is 10.5 Å². The van der Waals surface area contributed by atoms with Crippen molar-refractivity contribution < 1.29 is 26.4 Å². The van der Waals surface area contributed by atoms with E-state index in [0.29, 0.717) is 42.8 Å². The van der Waals surface area contributed by atoms with Crippen LogP contribution in [0.1, 0.15) is 57.6 Å². The smallest absolute Gasteiger partial charge is 0.407 e. The highest BCUT2D eigenvalue weighted by Crippen LogP contribution is 2.31. The summed E-state index contributed by atoms with van der Waals surface area (Å²) in [6.45, 7) is 10.7. The fraction of sp³-hybridized carbons (Fsp3) is 0.457. The van der Waals surface area contributed by atoms with Gasteiger partial charge in [0, 0.05) is 84.6 Å². The Morgan fingerprint density at radius 1 is 0.796 bits per heavy atom. The third kappa shape index (κ3) is 8.38. The minimum Gasteiger partial charge on any atom is -0.444 e. The number of nitrogens with two attached hydrogens (primary N) is 1. The summed E-state index contributed by atoms with van der Waals surface area (Å²) in [5, 5.41) is 5.89. The SMILES string of the molecule is Cc1cncc2cccc(S(=O)(=O)N3CCC[C@H](N)C3)c12.Cc1cncc2cccc(S(=O)(=O)N3CCC[C@H](NC(=O)OC(C)(C)C)C3)c12. The summed E-state index contributed by atoms with van der Waals surface area (Å²) in [5.74, 6) is 0. The number of alkyl carbamates (subject to hydrolysis) is 1. The lowest BCUT2D eigenvalue weighted by atomic mass is 10.1. The summed E-state index contributed by atoms with van der Waals surface area (Å²) >= 11 is 0. The number of fused-ring (bicyclic) bond motifs is 2. The zero-order valence-electron chi connectivity index (χ0n) is 28.7. The molecule has 2 atom stereocenters. The zero-order chi connectivity index (χ0) is 35.6. The number of aromatic nitrogens is 2. The van der Waals surface area contributed by atoms with Crippen LogP contribution in [0.25, 0.3) is 21.5 Å². The molecule has 12 nitrogen and oxygen atoms in total. The van der Waals surface area contributed by atoms with Gasteiger partial charge in [-0.2, -0.15) is 8.61 Å². The van der Waals surface area contributed by atoms with Crippen LogP contribution in [0.15, 0.2) is 71.0 Å². The Morgan fingerprint density at radius 3 is 1.78 bits per heavy atom. The number of carbonyl (C=O) groups excluding carboxylic acids is 1. The lowest BCUT2D eigenvalue weighted by Gasteiger charge is -2.33. The summed E-state index contributed by atoms with van der Waals surface area (Å²) < 4.78 is 60.9. The molecule has 0 saturated carbocycles. The molecule has 2 fully saturated rings. The molecular weight excluding hydrogens is 665 g/mol. The van der Waals surface area contributed by atoms with Gasteiger partial charge in [-0.25, -0.2) is 21.6 Å². The van der Waals surface area contributed by atoms with Gasteiger partial charge >= 0.3 is 6.09 Å². The predicted molar refractivity (Wildman–Crippen MR) is 190 cm³/mol. The quantitative estimate of drug-likeness (QED) is 0.294. The number of rotatable bonds is 5. The van der Waals surface area contributed by atoms with Crippen LogP contribution in [0, 0.1) is 13.8 Å². The Bertz CT molecular complexity index is 2040. The van der Waals surface area contributed by atoms with Gasteiger partial charge in [-0.15, -0.1) is 0 Å². The topological polar surface area (TPSA) is 165 Å². The maximum atomic E-state index is 13.4. The normalized spacial score (nSPS) is 19.6. The fourth-order valence-electron chi connectivity index (χ4n) is 6.40. The maximum absolute atomic E-state index is 13.4. The number of nitrogens with zero attached hydrogens (tertiary/aromatic N) is 4. The van der Waals surface area contributed by atoms with Crippen LogP contribution in [0.4, 0.5) is 4.79 Å². The first-order chi connectivity index (χ1) is 23.1. The van der Waals surface area contributed by atoms with E-state index in [2.05, 4.69) is 15.3 Å². The number of piperidine rings is 2. The highest BCUT2D eigenvalue weighted by Gasteiger charge is 2.33. The predicted octanol–water partition coefficient (Wildman–Crippen LogP) is 4.88. The summed E-state index contributed by atoms with van der Waals surface area (Å²) in [5.41, 5.74) is 7.01. The molecule has 49 heavy (non-hydrogen) atoms. The zero-order valence-corrected chi connectivity index (χ0v) is 30.4. The van der Waals surface area contributed by atoms with Gasteiger partial charge < -0.3 is 15.8 Å². The summed E-state index contributed by atoms with van der Waals surface area (Å²) in [6, 6.07) is 10.2. The van der Waals surface area contributed by atoms with E-state index in [1.54, 1.807) is 69.8 Å². The van der Waals surface area contributed by atoms with Crippen LogP contribution < -0.4 is 11.1 Å². The summed E-state index contributed by atoms with van der Waals surface area (Å²) in [4.78, 5) is 21.0. The minimum atomic E-state index is -3.70. The van der Waals surface area contributed by atoms with E-state index in [-0.39, 0.29) is 23.5 Å². The molecule has 0 bridgehead atoms. The Kier molecular flexibility index (Phi) is 10.9. The third-order valence-corrected chi connectivity index (χ3v) is 12.4. The number of benzene rings is 2. The highest BCUT2D eigenvalue weighted by molar-refractivity contribution is 7.89. The number of carbonyl (C=O) groups is 1. The second-order valence-corrected chi connectivity index (χ2v) is 17.5. The molecule has 0 aliphatic carbocycles. The van der Waals surface area contributed by atoms with Crippen molar-refractivity contribution in [1.82, 2.24) is 23.9 Å². The molecule has 4 aromatic rings. The average Bonchev–Trinajstić information content (AvgIpc) is 3.04. The van der Waals surface area contributed by atoms with Gasteiger partial charge in [-0.05, 0) is 83.6 Å². The van der Waals surface area contributed by atoms with Gasteiger partial charge in [-0.1, -0.05) is 24.3 Å². The number of pyridine rings is 2. The molecule has 14 heteroatoms. The lowest BCUT2D eigenvalue weighted by molar-refractivity contribution is 0.0487. The molecule has 2 aliphatic heterocycles. The Balaban J connectivity index is 0.000000199. The molecule has 2 aromatic heterocycles. The average molecular weight is 711 g/mol. The molecule has 264 valence electrons. The second-order valence-electron chi connectivity index (χ2n) is 13.7. The molecular formula is C35H46N6O6S2. The van der Waals surface area contributed by atoms with Crippen LogP contribution in [0.2, 0.25) is 0 Å². The first-order valence-electron chi connectivity index (χ1n) is 16.5. The lowest BCUT2D eigenvalue weighted by Crippen LogP contribution is -2.50. The fourth-order valence-corrected chi connectivity index (χ4v) is 10.0. The number of ether oxygens (including phenoxy) is 1. The van der Waals surface area contributed by atoms with Crippen molar-refractivity contribution in [3.63, 3.8) is 0 Å². The van der Waals surface area contributed by atoms with Gasteiger partial charge in [0.2, 0.25) is 20.0 Å². The molecule has 1 amide bonds. The van der Waals surface area contributed by atoms with Crippen molar-refractivity contribution in [3.8, 4) is 0 Å². The van der Waals surface area contributed by atoms with E-state index < -0.39 is 31.7 Å². The van der Waals surface area contributed by atoms with Crippen LogP contribution in [0.3, 0.4) is 0 Å². The van der Waals surface area contributed by atoms with E-state index in [1.807, 2.05) is 26.0 Å². The van der Waals surface area contributed by atoms with Crippen LogP contribution in [0.5, 0.6) is 0 Å². The van der Waals surface area contributed by atoms with E-state index in [1.165, 1.54) is 8.61 Å². The Labute approximate surface area is 289 Å². The van der Waals surface area contributed by atoms with Gasteiger partial charge in [0.15, 0.2) is 0 Å². The molecule has 2 aromatic carbocycles. The van der Waals surface area contributed by atoms with Crippen molar-refractivity contribution in [2.24, 2.45) is 5.73 Å². The van der Waals surface area contributed by atoms with Gasteiger partial charge in [0.05, 0.1) is 9.79 Å². The van der Waals surface area contributed by atoms with Crippen LogP contribution >= 0.6 is 0 Å². The number of aryl methyl sites for hydroxylation is 2. The van der Waals surface area contributed by atoms with Crippen LogP contribution in [-0.2, 0) is 24.8 Å².